The van der Waals surface area contributed by atoms with Gasteiger partial charge in [-0.3, -0.25) is 0 Å². The van der Waals surface area contributed by atoms with E-state index in [0.717, 1.165) is 22.5 Å². The first-order valence-corrected chi connectivity index (χ1v) is 6.66. The van der Waals surface area contributed by atoms with Crippen LogP contribution in [-0.4, -0.2) is 4.98 Å². The number of rotatable bonds is 3. The molecule has 0 bridgehead atoms. The van der Waals surface area contributed by atoms with Gasteiger partial charge in [0.05, 0.1) is 10.2 Å². The summed E-state index contributed by atoms with van der Waals surface area (Å²) in [5.74, 6) is 0. The van der Waals surface area contributed by atoms with Crippen LogP contribution in [0.4, 0.5) is 0 Å². The molecule has 0 radical (unpaired) electrons. The van der Waals surface area contributed by atoms with Crippen LogP contribution in [0, 0.1) is 0 Å². The van der Waals surface area contributed by atoms with Crippen molar-refractivity contribution in [2.45, 2.75) is 27.2 Å². The number of hydrogen-bond acceptors (Lipinski definition) is 2. The van der Waals surface area contributed by atoms with Crippen LogP contribution in [0.15, 0.2) is 42.0 Å². The minimum atomic E-state index is 1.01. The molecule has 1 nitrogen and oxygen atoms in total. The third-order valence-corrected chi connectivity index (χ3v) is 3.97. The molecule has 2 aromatic rings. The third-order valence-electron chi connectivity index (χ3n) is 2.87. The lowest BCUT2D eigenvalue weighted by molar-refractivity contribution is 1.11. The second-order valence-electron chi connectivity index (χ2n) is 4.30. The number of fused-ring (bicyclic) bond motifs is 1. The van der Waals surface area contributed by atoms with Crippen molar-refractivity contribution in [2.24, 2.45) is 0 Å². The SMILES string of the molecule is C=C(C(CC)=C(C)C)c1nc2ccccc2s1. The lowest BCUT2D eigenvalue weighted by atomic mass is 10.0. The van der Waals surface area contributed by atoms with Crippen LogP contribution in [0.25, 0.3) is 15.8 Å². The first-order valence-electron chi connectivity index (χ1n) is 5.85. The van der Waals surface area contributed by atoms with Gasteiger partial charge in [-0.1, -0.05) is 31.2 Å². The molecule has 88 valence electrons. The summed E-state index contributed by atoms with van der Waals surface area (Å²) in [4.78, 5) is 4.65. The molecule has 0 N–H and O–H groups in total. The Kier molecular flexibility index (Phi) is 3.43. The van der Waals surface area contributed by atoms with Crippen LogP contribution in [0.1, 0.15) is 32.2 Å². The molecule has 0 aliphatic rings. The maximum absolute atomic E-state index is 4.65. The van der Waals surface area contributed by atoms with Crippen molar-refractivity contribution >= 4 is 27.1 Å². The molecule has 1 heterocycles. The van der Waals surface area contributed by atoms with Crippen molar-refractivity contribution in [3.05, 3.63) is 47.0 Å². The van der Waals surface area contributed by atoms with Crippen LogP contribution in [0.5, 0.6) is 0 Å². The summed E-state index contributed by atoms with van der Waals surface area (Å²) < 4.78 is 1.23. The average molecular weight is 243 g/mol. The Labute approximate surface area is 107 Å². The molecule has 0 saturated heterocycles. The standard InChI is InChI=1S/C15H17NS/c1-5-12(10(2)3)11(4)15-16-13-8-6-7-9-14(13)17-15/h6-9H,4-5H2,1-3H3. The lowest BCUT2D eigenvalue weighted by Gasteiger charge is -2.07. The highest BCUT2D eigenvalue weighted by Crippen LogP contribution is 2.32. The zero-order valence-corrected chi connectivity index (χ0v) is 11.4. The minimum absolute atomic E-state index is 1.01. The molecule has 1 aromatic carbocycles. The molecule has 0 saturated carbocycles. The van der Waals surface area contributed by atoms with Crippen LogP contribution >= 0.6 is 11.3 Å². The van der Waals surface area contributed by atoms with Crippen molar-refractivity contribution in [2.75, 3.05) is 0 Å². The summed E-state index contributed by atoms with van der Waals surface area (Å²) in [6.07, 6.45) is 1.01. The van der Waals surface area contributed by atoms with E-state index in [2.05, 4.69) is 50.5 Å². The Hall–Kier alpha value is -1.41. The van der Waals surface area contributed by atoms with Crippen molar-refractivity contribution < 1.29 is 0 Å². The second-order valence-corrected chi connectivity index (χ2v) is 5.33. The zero-order valence-electron chi connectivity index (χ0n) is 10.6. The van der Waals surface area contributed by atoms with Crippen molar-refractivity contribution in [3.8, 4) is 0 Å². The average Bonchev–Trinajstić information content (AvgIpc) is 2.72. The fraction of sp³-hybridized carbons (Fsp3) is 0.267. The molecular formula is C15H17NS. The minimum Gasteiger partial charge on any atom is -0.236 e. The Morgan fingerprint density at radius 3 is 2.59 bits per heavy atom. The predicted molar refractivity (Wildman–Crippen MR) is 77.3 cm³/mol. The van der Waals surface area contributed by atoms with Gasteiger partial charge in [0.1, 0.15) is 5.01 Å². The van der Waals surface area contributed by atoms with Gasteiger partial charge in [0, 0.05) is 5.57 Å². The molecule has 0 amide bonds. The Morgan fingerprint density at radius 1 is 1.29 bits per heavy atom. The van der Waals surface area contributed by atoms with Gasteiger partial charge in [-0.15, -0.1) is 11.3 Å². The van der Waals surface area contributed by atoms with Crippen LogP contribution in [-0.2, 0) is 0 Å². The first-order chi connectivity index (χ1) is 8.13. The van der Waals surface area contributed by atoms with Gasteiger partial charge in [-0.05, 0) is 38.0 Å². The molecule has 1 aromatic heterocycles. The maximum Gasteiger partial charge on any atom is 0.124 e. The molecular weight excluding hydrogens is 226 g/mol. The van der Waals surface area contributed by atoms with Crippen LogP contribution < -0.4 is 0 Å². The number of aromatic nitrogens is 1. The Morgan fingerprint density at radius 2 is 2.00 bits per heavy atom. The zero-order chi connectivity index (χ0) is 12.4. The second kappa shape index (κ2) is 4.84. The van der Waals surface area contributed by atoms with E-state index in [-0.39, 0.29) is 0 Å². The smallest absolute Gasteiger partial charge is 0.124 e. The number of thiazole rings is 1. The molecule has 17 heavy (non-hydrogen) atoms. The van der Waals surface area contributed by atoms with Crippen molar-refractivity contribution in [1.82, 2.24) is 4.98 Å². The monoisotopic (exact) mass is 243 g/mol. The molecule has 0 aliphatic carbocycles. The normalized spacial score (nSPS) is 10.5. The number of benzene rings is 1. The summed E-state index contributed by atoms with van der Waals surface area (Å²) in [5.41, 5.74) is 4.80. The van der Waals surface area contributed by atoms with E-state index in [4.69, 9.17) is 0 Å². The van der Waals surface area contributed by atoms with Gasteiger partial charge in [0.25, 0.3) is 0 Å². The van der Waals surface area contributed by atoms with E-state index in [1.165, 1.54) is 15.8 Å². The van der Waals surface area contributed by atoms with Gasteiger partial charge in [-0.2, -0.15) is 0 Å². The van der Waals surface area contributed by atoms with E-state index < -0.39 is 0 Å². The van der Waals surface area contributed by atoms with E-state index in [9.17, 15) is 0 Å². The summed E-state index contributed by atoms with van der Waals surface area (Å²) in [7, 11) is 0. The number of hydrogen-bond donors (Lipinski definition) is 0. The first kappa shape index (κ1) is 12.1. The molecule has 0 fully saturated rings. The van der Waals surface area contributed by atoms with Crippen molar-refractivity contribution in [1.29, 1.82) is 0 Å². The molecule has 0 spiro atoms. The highest BCUT2D eigenvalue weighted by Gasteiger charge is 2.10. The quantitative estimate of drug-likeness (QED) is 0.687. The van der Waals surface area contributed by atoms with E-state index in [1.807, 2.05) is 6.07 Å². The topological polar surface area (TPSA) is 12.9 Å². The Bertz CT molecular complexity index is 553. The maximum atomic E-state index is 4.65. The molecule has 0 unspecified atom stereocenters. The highest BCUT2D eigenvalue weighted by molar-refractivity contribution is 7.19. The molecule has 2 rings (SSSR count). The van der Waals surface area contributed by atoms with Gasteiger partial charge in [0.2, 0.25) is 0 Å². The molecule has 0 aliphatic heterocycles. The third kappa shape index (κ3) is 2.32. The summed E-state index contributed by atoms with van der Waals surface area (Å²) >= 11 is 1.72. The fourth-order valence-electron chi connectivity index (χ4n) is 2.00. The van der Waals surface area contributed by atoms with Crippen LogP contribution in [0.3, 0.4) is 0 Å². The lowest BCUT2D eigenvalue weighted by Crippen LogP contribution is -1.89. The van der Waals surface area contributed by atoms with E-state index in [0.29, 0.717) is 0 Å². The summed E-state index contributed by atoms with van der Waals surface area (Å²) in [5, 5.41) is 1.05. The fourth-order valence-corrected chi connectivity index (χ4v) is 2.96. The molecule has 2 heteroatoms. The largest absolute Gasteiger partial charge is 0.236 e. The number of para-hydroxylation sites is 1. The summed E-state index contributed by atoms with van der Waals surface area (Å²) in [6.45, 7) is 10.6. The van der Waals surface area contributed by atoms with E-state index >= 15 is 0 Å². The van der Waals surface area contributed by atoms with E-state index in [1.54, 1.807) is 11.3 Å². The van der Waals surface area contributed by atoms with Gasteiger partial charge in [-0.25, -0.2) is 4.98 Å². The highest BCUT2D eigenvalue weighted by atomic mass is 32.1. The summed E-state index contributed by atoms with van der Waals surface area (Å²) in [6, 6.07) is 8.24. The van der Waals surface area contributed by atoms with Gasteiger partial charge in [0.15, 0.2) is 0 Å². The van der Waals surface area contributed by atoms with Crippen LogP contribution in [0.2, 0.25) is 0 Å². The predicted octanol–water partition coefficient (Wildman–Crippen LogP) is 5.06. The Balaban J connectivity index is 2.47. The number of nitrogens with zero attached hydrogens (tertiary/aromatic N) is 1. The van der Waals surface area contributed by atoms with Gasteiger partial charge < -0.3 is 0 Å². The number of allylic oxidation sites excluding steroid dienone is 3. The van der Waals surface area contributed by atoms with Gasteiger partial charge >= 0.3 is 0 Å². The molecule has 0 atom stereocenters. The van der Waals surface area contributed by atoms with Crippen molar-refractivity contribution in [3.63, 3.8) is 0 Å².